The highest BCUT2D eigenvalue weighted by Gasteiger charge is 2.14. The highest BCUT2D eigenvalue weighted by Crippen LogP contribution is 2.12. The number of esters is 1. The minimum atomic E-state index is -0.502. The Morgan fingerprint density at radius 3 is 2.40 bits per heavy atom. The number of nitrogens with zero attached hydrogens (tertiary/aromatic N) is 1. The van der Waals surface area contributed by atoms with Crippen molar-refractivity contribution < 1.29 is 23.5 Å². The SMILES string of the molecule is COc1ccc(CC(=O)OCC(=O)N(C)Cc2ccccc2F)cc1. The van der Waals surface area contributed by atoms with Crippen molar-refractivity contribution >= 4 is 11.9 Å². The average Bonchev–Trinajstić information content (AvgIpc) is 2.62. The topological polar surface area (TPSA) is 55.8 Å². The summed E-state index contributed by atoms with van der Waals surface area (Å²) in [4.78, 5) is 25.1. The van der Waals surface area contributed by atoms with Crippen molar-refractivity contribution in [3.63, 3.8) is 0 Å². The molecule has 0 unspecified atom stereocenters. The van der Waals surface area contributed by atoms with E-state index in [4.69, 9.17) is 9.47 Å². The first-order valence-corrected chi connectivity index (χ1v) is 7.75. The van der Waals surface area contributed by atoms with E-state index in [1.807, 2.05) is 0 Å². The second-order valence-electron chi connectivity index (χ2n) is 5.53. The molecule has 0 aliphatic heterocycles. The maximum absolute atomic E-state index is 13.6. The van der Waals surface area contributed by atoms with Gasteiger partial charge in [0, 0.05) is 19.2 Å². The second kappa shape index (κ2) is 8.82. The van der Waals surface area contributed by atoms with Crippen molar-refractivity contribution in [1.82, 2.24) is 4.90 Å². The van der Waals surface area contributed by atoms with Gasteiger partial charge in [-0.1, -0.05) is 30.3 Å². The molecule has 0 aliphatic carbocycles. The predicted molar refractivity (Wildman–Crippen MR) is 90.5 cm³/mol. The summed E-state index contributed by atoms with van der Waals surface area (Å²) in [6.45, 7) is -0.262. The summed E-state index contributed by atoms with van der Waals surface area (Å²) in [5, 5.41) is 0. The lowest BCUT2D eigenvalue weighted by Crippen LogP contribution is -2.31. The van der Waals surface area contributed by atoms with E-state index in [0.29, 0.717) is 11.3 Å². The van der Waals surface area contributed by atoms with E-state index in [9.17, 15) is 14.0 Å². The summed E-state index contributed by atoms with van der Waals surface area (Å²) >= 11 is 0. The number of halogens is 1. The summed E-state index contributed by atoms with van der Waals surface area (Å²) < 4.78 is 23.6. The van der Waals surface area contributed by atoms with E-state index < -0.39 is 11.9 Å². The predicted octanol–water partition coefficient (Wildman–Crippen LogP) is 2.58. The van der Waals surface area contributed by atoms with Gasteiger partial charge in [0.15, 0.2) is 6.61 Å². The third-order valence-corrected chi connectivity index (χ3v) is 3.66. The van der Waals surface area contributed by atoms with Crippen LogP contribution in [0, 0.1) is 5.82 Å². The number of hydrogen-bond donors (Lipinski definition) is 0. The van der Waals surface area contributed by atoms with Crippen molar-refractivity contribution in [2.45, 2.75) is 13.0 Å². The summed E-state index contributed by atoms with van der Waals surface area (Å²) in [7, 11) is 3.10. The van der Waals surface area contributed by atoms with Crippen LogP contribution in [0.5, 0.6) is 5.75 Å². The average molecular weight is 345 g/mol. The van der Waals surface area contributed by atoms with Gasteiger partial charge in [0.05, 0.1) is 13.5 Å². The number of carbonyl (C=O) groups excluding carboxylic acids is 2. The smallest absolute Gasteiger partial charge is 0.310 e. The molecule has 0 aromatic heterocycles. The van der Waals surface area contributed by atoms with Gasteiger partial charge in [-0.15, -0.1) is 0 Å². The van der Waals surface area contributed by atoms with Gasteiger partial charge in [-0.25, -0.2) is 4.39 Å². The minimum Gasteiger partial charge on any atom is -0.497 e. The third-order valence-electron chi connectivity index (χ3n) is 3.66. The molecular formula is C19H20FNO4. The molecule has 0 bridgehead atoms. The van der Waals surface area contributed by atoms with E-state index in [0.717, 1.165) is 5.56 Å². The van der Waals surface area contributed by atoms with Crippen LogP contribution in [-0.4, -0.2) is 37.5 Å². The Morgan fingerprint density at radius 1 is 1.08 bits per heavy atom. The molecule has 2 aromatic rings. The molecule has 5 nitrogen and oxygen atoms in total. The van der Waals surface area contributed by atoms with Gasteiger partial charge < -0.3 is 14.4 Å². The molecule has 0 saturated heterocycles. The molecule has 0 atom stereocenters. The van der Waals surface area contributed by atoms with Crippen molar-refractivity contribution in [3.05, 3.63) is 65.5 Å². The maximum atomic E-state index is 13.6. The summed E-state index contributed by atoms with van der Waals surface area (Å²) in [6.07, 6.45) is 0.0638. The first-order chi connectivity index (χ1) is 12.0. The molecular weight excluding hydrogens is 325 g/mol. The van der Waals surface area contributed by atoms with Gasteiger partial charge in [0.2, 0.25) is 0 Å². The standard InChI is InChI=1S/C19H20FNO4/c1-21(12-15-5-3-4-6-17(15)20)18(22)13-25-19(23)11-14-7-9-16(24-2)10-8-14/h3-10H,11-13H2,1-2H3. The van der Waals surface area contributed by atoms with E-state index in [2.05, 4.69) is 0 Å². The van der Waals surface area contributed by atoms with Crippen molar-refractivity contribution in [2.75, 3.05) is 20.8 Å². The zero-order valence-electron chi connectivity index (χ0n) is 14.2. The Morgan fingerprint density at radius 2 is 1.76 bits per heavy atom. The van der Waals surface area contributed by atoms with Crippen molar-refractivity contribution in [2.24, 2.45) is 0 Å². The lowest BCUT2D eigenvalue weighted by atomic mass is 10.1. The molecule has 0 fully saturated rings. The van der Waals surface area contributed by atoms with Crippen LogP contribution in [-0.2, 0) is 27.3 Å². The number of rotatable bonds is 7. The summed E-state index contributed by atoms with van der Waals surface area (Å²) in [5.74, 6) is -0.579. The van der Waals surface area contributed by atoms with E-state index in [1.54, 1.807) is 49.6 Å². The van der Waals surface area contributed by atoms with Gasteiger partial charge in [-0.2, -0.15) is 0 Å². The molecule has 0 aliphatic rings. The molecule has 2 aromatic carbocycles. The summed E-state index contributed by atoms with van der Waals surface area (Å²) in [5.41, 5.74) is 1.17. The fraction of sp³-hybridized carbons (Fsp3) is 0.263. The number of amides is 1. The van der Waals surface area contributed by atoms with Crippen LogP contribution >= 0.6 is 0 Å². The van der Waals surface area contributed by atoms with E-state index in [-0.39, 0.29) is 25.4 Å². The Hall–Kier alpha value is -2.89. The zero-order chi connectivity index (χ0) is 18.2. The fourth-order valence-electron chi connectivity index (χ4n) is 2.18. The van der Waals surface area contributed by atoms with Gasteiger partial charge in [0.25, 0.3) is 5.91 Å². The molecule has 0 spiro atoms. The molecule has 0 radical (unpaired) electrons. The van der Waals surface area contributed by atoms with Crippen LogP contribution in [0.4, 0.5) is 4.39 Å². The Bertz CT molecular complexity index is 730. The van der Waals surface area contributed by atoms with Gasteiger partial charge >= 0.3 is 5.97 Å². The first-order valence-electron chi connectivity index (χ1n) is 7.75. The number of likely N-dealkylation sites (N-methyl/N-ethyl adjacent to an activating group) is 1. The van der Waals surface area contributed by atoms with E-state index >= 15 is 0 Å². The van der Waals surface area contributed by atoms with Crippen molar-refractivity contribution in [3.8, 4) is 5.75 Å². The van der Waals surface area contributed by atoms with Crippen LogP contribution in [0.3, 0.4) is 0 Å². The third kappa shape index (κ3) is 5.60. The quantitative estimate of drug-likeness (QED) is 0.724. The molecule has 1 amide bonds. The van der Waals surface area contributed by atoms with Gasteiger partial charge in [-0.05, 0) is 23.8 Å². The maximum Gasteiger partial charge on any atom is 0.310 e. The number of carbonyl (C=O) groups is 2. The lowest BCUT2D eigenvalue weighted by Gasteiger charge is -2.17. The molecule has 0 saturated carbocycles. The highest BCUT2D eigenvalue weighted by atomic mass is 19.1. The number of hydrogen-bond acceptors (Lipinski definition) is 4. The minimum absolute atomic E-state index is 0.0638. The van der Waals surface area contributed by atoms with Crippen molar-refractivity contribution in [1.29, 1.82) is 0 Å². The highest BCUT2D eigenvalue weighted by molar-refractivity contribution is 5.81. The second-order valence-corrected chi connectivity index (χ2v) is 5.53. The van der Waals surface area contributed by atoms with E-state index in [1.165, 1.54) is 18.0 Å². The molecule has 0 N–H and O–H groups in total. The number of methoxy groups -OCH3 is 1. The van der Waals surface area contributed by atoms with Gasteiger partial charge in [0.1, 0.15) is 11.6 Å². The Balaban J connectivity index is 1.80. The molecule has 0 heterocycles. The van der Waals surface area contributed by atoms with Crippen LogP contribution in [0.25, 0.3) is 0 Å². The normalized spacial score (nSPS) is 10.2. The molecule has 6 heteroatoms. The lowest BCUT2D eigenvalue weighted by molar-refractivity contribution is -0.151. The first kappa shape index (κ1) is 18.4. The van der Waals surface area contributed by atoms with Crippen LogP contribution < -0.4 is 4.74 Å². The Labute approximate surface area is 146 Å². The molecule has 132 valence electrons. The van der Waals surface area contributed by atoms with Gasteiger partial charge in [-0.3, -0.25) is 9.59 Å². The number of ether oxygens (including phenoxy) is 2. The van der Waals surface area contributed by atoms with Crippen LogP contribution in [0.1, 0.15) is 11.1 Å². The molecule has 2 rings (SSSR count). The van der Waals surface area contributed by atoms with Crippen LogP contribution in [0.2, 0.25) is 0 Å². The summed E-state index contributed by atoms with van der Waals surface area (Å²) in [6, 6.07) is 13.2. The largest absolute Gasteiger partial charge is 0.497 e. The number of benzene rings is 2. The fourth-order valence-corrected chi connectivity index (χ4v) is 2.18. The molecule has 25 heavy (non-hydrogen) atoms. The van der Waals surface area contributed by atoms with Crippen LogP contribution in [0.15, 0.2) is 48.5 Å². The zero-order valence-corrected chi connectivity index (χ0v) is 14.2. The monoisotopic (exact) mass is 345 g/mol. The Kier molecular flexibility index (Phi) is 6.51.